The summed E-state index contributed by atoms with van der Waals surface area (Å²) < 4.78 is 0. The summed E-state index contributed by atoms with van der Waals surface area (Å²) in [5.74, 6) is 1.51. The number of nitrogens with two attached hydrogens (primary N) is 1. The highest BCUT2D eigenvalue weighted by Crippen LogP contribution is 2.13. The van der Waals surface area contributed by atoms with Crippen LogP contribution >= 0.6 is 11.8 Å². The first-order valence-electron chi connectivity index (χ1n) is 7.32. The molecule has 0 aromatic rings. The number of hydrogen-bond acceptors (Lipinski definition) is 4. The lowest BCUT2D eigenvalue weighted by Gasteiger charge is -2.07. The zero-order valence-corrected chi connectivity index (χ0v) is 13.4. The lowest BCUT2D eigenvalue weighted by Crippen LogP contribution is -2.27. The fourth-order valence-electron chi connectivity index (χ4n) is 1.78. The highest BCUT2D eigenvalue weighted by Gasteiger charge is 2.07. The quantitative estimate of drug-likeness (QED) is 0.559. The maximum absolute atomic E-state index is 11.6. The summed E-state index contributed by atoms with van der Waals surface area (Å²) in [7, 11) is 0. The van der Waals surface area contributed by atoms with Crippen LogP contribution in [0.3, 0.4) is 0 Å². The molecule has 0 aliphatic carbocycles. The van der Waals surface area contributed by atoms with Gasteiger partial charge in [0, 0.05) is 12.8 Å². The minimum absolute atomic E-state index is 0.0544. The smallest absolute Gasteiger partial charge is 0.146 e. The van der Waals surface area contributed by atoms with Crippen LogP contribution < -0.4 is 5.73 Å². The first-order chi connectivity index (χ1) is 8.93. The lowest BCUT2D eigenvalue weighted by atomic mass is 10.0. The maximum atomic E-state index is 11.6. The first-order valence-corrected chi connectivity index (χ1v) is 8.37. The Hall–Kier alpha value is -0.350. The van der Waals surface area contributed by atoms with Crippen LogP contribution in [0.25, 0.3) is 0 Å². The number of unbranched alkanes of at least 4 members (excludes halogenated alkanes) is 2. The fourth-order valence-corrected chi connectivity index (χ4v) is 2.56. The number of thioether (sulfide) groups is 1. The fraction of sp³-hybridized carbons (Fsp3) is 0.867. The molecular formula is C15H29NO2S. The molecule has 112 valence electrons. The van der Waals surface area contributed by atoms with E-state index in [9.17, 15) is 9.59 Å². The molecule has 0 spiro atoms. The van der Waals surface area contributed by atoms with Gasteiger partial charge in [0.05, 0.1) is 6.04 Å². The van der Waals surface area contributed by atoms with Crippen molar-refractivity contribution in [1.29, 1.82) is 0 Å². The van der Waals surface area contributed by atoms with E-state index in [1.165, 1.54) is 6.92 Å². The standard InChI is InChI=1S/C15H29NO2S/c1-12(2)19-11-7-9-14(18)8-5-4-6-10-15(16)13(3)17/h12,15H,4-11,16H2,1-3H3/t15-/m0/s1. The second-order valence-electron chi connectivity index (χ2n) is 5.38. The topological polar surface area (TPSA) is 60.2 Å². The minimum Gasteiger partial charge on any atom is -0.322 e. The zero-order chi connectivity index (χ0) is 14.7. The molecule has 19 heavy (non-hydrogen) atoms. The molecule has 0 amide bonds. The van der Waals surface area contributed by atoms with Crippen molar-refractivity contribution in [3.05, 3.63) is 0 Å². The Kier molecular flexibility index (Phi) is 11.3. The average molecular weight is 287 g/mol. The van der Waals surface area contributed by atoms with E-state index in [2.05, 4.69) is 13.8 Å². The maximum Gasteiger partial charge on any atom is 0.146 e. The molecule has 0 heterocycles. The van der Waals surface area contributed by atoms with Crippen LogP contribution in [0.2, 0.25) is 0 Å². The summed E-state index contributed by atoms with van der Waals surface area (Å²) in [5, 5.41) is 0.653. The predicted molar refractivity (Wildman–Crippen MR) is 83.6 cm³/mol. The molecule has 0 aliphatic rings. The molecule has 0 unspecified atom stereocenters. The third kappa shape index (κ3) is 12.4. The van der Waals surface area contributed by atoms with E-state index >= 15 is 0 Å². The molecule has 4 heteroatoms. The first kappa shape index (κ1) is 18.7. The van der Waals surface area contributed by atoms with Crippen molar-refractivity contribution in [2.45, 2.75) is 77.0 Å². The number of ketones is 2. The van der Waals surface area contributed by atoms with Gasteiger partial charge in [-0.05, 0) is 37.2 Å². The van der Waals surface area contributed by atoms with Crippen LogP contribution in [0.5, 0.6) is 0 Å². The second kappa shape index (κ2) is 11.5. The van der Waals surface area contributed by atoms with Crippen LogP contribution in [0, 0.1) is 0 Å². The van der Waals surface area contributed by atoms with Gasteiger partial charge in [0.2, 0.25) is 0 Å². The van der Waals surface area contributed by atoms with E-state index in [-0.39, 0.29) is 11.8 Å². The summed E-state index contributed by atoms with van der Waals surface area (Å²) in [4.78, 5) is 22.5. The lowest BCUT2D eigenvalue weighted by molar-refractivity contribution is -0.119. The van der Waals surface area contributed by atoms with Gasteiger partial charge in [-0.2, -0.15) is 11.8 Å². The molecule has 0 saturated heterocycles. The number of carbonyl (C=O) groups is 2. The van der Waals surface area contributed by atoms with E-state index in [0.717, 1.165) is 37.9 Å². The van der Waals surface area contributed by atoms with Crippen molar-refractivity contribution in [3.8, 4) is 0 Å². The van der Waals surface area contributed by atoms with Crippen molar-refractivity contribution in [2.24, 2.45) is 5.73 Å². The van der Waals surface area contributed by atoms with E-state index in [1.807, 2.05) is 11.8 Å². The summed E-state index contributed by atoms with van der Waals surface area (Å²) in [6.07, 6.45) is 6.01. The van der Waals surface area contributed by atoms with E-state index in [0.29, 0.717) is 23.9 Å². The molecule has 2 N–H and O–H groups in total. The minimum atomic E-state index is -0.316. The Morgan fingerprint density at radius 3 is 2.26 bits per heavy atom. The van der Waals surface area contributed by atoms with Gasteiger partial charge in [0.25, 0.3) is 0 Å². The van der Waals surface area contributed by atoms with Gasteiger partial charge < -0.3 is 5.73 Å². The average Bonchev–Trinajstić information content (AvgIpc) is 2.33. The van der Waals surface area contributed by atoms with Crippen molar-refractivity contribution in [3.63, 3.8) is 0 Å². The SMILES string of the molecule is CC(=O)[C@@H](N)CCCCCC(=O)CCCSC(C)C. The summed E-state index contributed by atoms with van der Waals surface area (Å²) in [6.45, 7) is 5.89. The monoisotopic (exact) mass is 287 g/mol. The van der Waals surface area contributed by atoms with E-state index in [4.69, 9.17) is 5.73 Å². The van der Waals surface area contributed by atoms with Gasteiger partial charge in [-0.25, -0.2) is 0 Å². The van der Waals surface area contributed by atoms with Gasteiger partial charge in [-0.1, -0.05) is 26.7 Å². The Labute approximate surface area is 122 Å². The third-order valence-corrected chi connectivity index (χ3v) is 4.24. The predicted octanol–water partition coefficient (Wildman–Crippen LogP) is 3.34. The van der Waals surface area contributed by atoms with Gasteiger partial charge in [-0.15, -0.1) is 0 Å². The Morgan fingerprint density at radius 1 is 1.05 bits per heavy atom. The molecule has 0 saturated carbocycles. The summed E-state index contributed by atoms with van der Waals surface area (Å²) in [5.41, 5.74) is 5.65. The molecular weight excluding hydrogens is 258 g/mol. The van der Waals surface area contributed by atoms with Crippen LogP contribution in [0.1, 0.15) is 65.7 Å². The van der Waals surface area contributed by atoms with Gasteiger partial charge in [0.1, 0.15) is 11.6 Å². The van der Waals surface area contributed by atoms with Crippen LogP contribution in [-0.4, -0.2) is 28.6 Å². The normalized spacial score (nSPS) is 12.7. The second-order valence-corrected chi connectivity index (χ2v) is 7.06. The van der Waals surface area contributed by atoms with Crippen molar-refractivity contribution in [1.82, 2.24) is 0 Å². The largest absolute Gasteiger partial charge is 0.322 e. The molecule has 0 aliphatic heterocycles. The van der Waals surface area contributed by atoms with Crippen molar-refractivity contribution < 1.29 is 9.59 Å². The number of Topliss-reactive ketones (excluding diaryl/α,β-unsaturated/α-hetero) is 2. The van der Waals surface area contributed by atoms with Gasteiger partial charge >= 0.3 is 0 Å². The van der Waals surface area contributed by atoms with Crippen molar-refractivity contribution in [2.75, 3.05) is 5.75 Å². The Morgan fingerprint density at radius 2 is 1.68 bits per heavy atom. The number of hydrogen-bond donors (Lipinski definition) is 1. The van der Waals surface area contributed by atoms with Crippen molar-refractivity contribution >= 4 is 23.3 Å². The van der Waals surface area contributed by atoms with E-state index in [1.54, 1.807) is 0 Å². The van der Waals surface area contributed by atoms with Crippen LogP contribution in [0.15, 0.2) is 0 Å². The number of carbonyl (C=O) groups excluding carboxylic acids is 2. The Bertz CT molecular complexity index is 267. The van der Waals surface area contributed by atoms with Crippen LogP contribution in [-0.2, 0) is 9.59 Å². The molecule has 0 rings (SSSR count). The highest BCUT2D eigenvalue weighted by atomic mass is 32.2. The molecule has 1 atom stereocenters. The van der Waals surface area contributed by atoms with E-state index < -0.39 is 0 Å². The molecule has 0 aromatic heterocycles. The Balaban J connectivity index is 3.36. The molecule has 0 bridgehead atoms. The summed E-state index contributed by atoms with van der Waals surface area (Å²) >= 11 is 1.91. The van der Waals surface area contributed by atoms with Crippen LogP contribution in [0.4, 0.5) is 0 Å². The number of rotatable bonds is 12. The summed E-state index contributed by atoms with van der Waals surface area (Å²) in [6, 6.07) is -0.316. The molecule has 3 nitrogen and oxygen atoms in total. The van der Waals surface area contributed by atoms with Gasteiger partial charge in [-0.3, -0.25) is 9.59 Å². The molecule has 0 fully saturated rings. The zero-order valence-electron chi connectivity index (χ0n) is 12.6. The van der Waals surface area contributed by atoms with Gasteiger partial charge in [0.15, 0.2) is 0 Å². The third-order valence-electron chi connectivity index (χ3n) is 3.04. The molecule has 0 aromatic carbocycles. The highest BCUT2D eigenvalue weighted by molar-refractivity contribution is 7.99. The molecule has 0 radical (unpaired) electrons.